The van der Waals surface area contributed by atoms with Crippen molar-refractivity contribution in [3.63, 3.8) is 0 Å². The molecule has 0 unspecified atom stereocenters. The average Bonchev–Trinajstić information content (AvgIpc) is 2.76. The lowest BCUT2D eigenvalue weighted by atomic mass is 10.1. The molecule has 0 amide bonds. The van der Waals surface area contributed by atoms with Gasteiger partial charge in [-0.3, -0.25) is 9.48 Å². The average molecular weight is 344 g/mol. The summed E-state index contributed by atoms with van der Waals surface area (Å²) in [7, 11) is 1.85. The van der Waals surface area contributed by atoms with Crippen molar-refractivity contribution in [1.82, 2.24) is 14.8 Å². The zero-order valence-corrected chi connectivity index (χ0v) is 13.4. The molecule has 0 spiro atoms. The second-order valence-electron chi connectivity index (χ2n) is 5.01. The Hall–Kier alpha value is -2.01. The highest BCUT2D eigenvalue weighted by Gasteiger charge is 2.16. The number of aryl methyl sites for hydroxylation is 2. The molecule has 0 saturated heterocycles. The summed E-state index contributed by atoms with van der Waals surface area (Å²) in [6, 6.07) is 11.6. The Morgan fingerprint density at radius 3 is 2.76 bits per heavy atom. The molecule has 3 rings (SSSR count). The predicted octanol–water partition coefficient (Wildman–Crippen LogP) is 3.46. The molecule has 0 fully saturated rings. The minimum absolute atomic E-state index is 0.0179. The van der Waals surface area contributed by atoms with Crippen LogP contribution in [0.3, 0.4) is 0 Å². The van der Waals surface area contributed by atoms with Crippen molar-refractivity contribution in [1.29, 1.82) is 0 Å². The van der Waals surface area contributed by atoms with Gasteiger partial charge in [-0.2, -0.15) is 5.10 Å². The molecule has 0 bridgehead atoms. The third kappa shape index (κ3) is 2.74. The maximum Gasteiger partial charge on any atom is 0.188 e. The van der Waals surface area contributed by atoms with Crippen LogP contribution in [0.25, 0.3) is 10.9 Å². The Kier molecular flexibility index (Phi) is 3.59. The highest BCUT2D eigenvalue weighted by Crippen LogP contribution is 2.22. The van der Waals surface area contributed by atoms with Gasteiger partial charge in [-0.15, -0.1) is 0 Å². The number of halogens is 1. The number of aromatic nitrogens is 3. The second-order valence-corrected chi connectivity index (χ2v) is 5.87. The van der Waals surface area contributed by atoms with Crippen LogP contribution in [0.5, 0.6) is 0 Å². The van der Waals surface area contributed by atoms with Crippen LogP contribution in [0.2, 0.25) is 0 Å². The molecule has 0 N–H and O–H groups in total. The normalized spacial score (nSPS) is 11.0. The molecule has 0 radical (unpaired) electrons. The number of Topliss-reactive ketones (excluding diaryl/α,β-unsaturated/α-hetero) is 1. The molecular weight excluding hydrogens is 330 g/mol. The smallest absolute Gasteiger partial charge is 0.188 e. The summed E-state index contributed by atoms with van der Waals surface area (Å²) in [4.78, 5) is 17.0. The number of pyridine rings is 1. The van der Waals surface area contributed by atoms with Gasteiger partial charge in [0.2, 0.25) is 0 Å². The first-order valence-electron chi connectivity index (χ1n) is 6.62. The van der Waals surface area contributed by atoms with Crippen LogP contribution in [0.4, 0.5) is 0 Å². The lowest BCUT2D eigenvalue weighted by molar-refractivity contribution is 0.0985. The van der Waals surface area contributed by atoms with Gasteiger partial charge in [0.05, 0.1) is 17.6 Å². The number of nitrogens with zero attached hydrogens (tertiary/aromatic N) is 3. The number of fused-ring (bicyclic) bond motifs is 1. The summed E-state index contributed by atoms with van der Waals surface area (Å²) < 4.78 is 2.47. The van der Waals surface area contributed by atoms with E-state index >= 15 is 0 Å². The monoisotopic (exact) mass is 343 g/mol. The highest BCUT2D eigenvalue weighted by atomic mass is 79.9. The molecule has 106 valence electrons. The van der Waals surface area contributed by atoms with Crippen LogP contribution in [-0.2, 0) is 13.5 Å². The number of rotatable bonds is 3. The maximum atomic E-state index is 12.5. The van der Waals surface area contributed by atoms with Crippen molar-refractivity contribution in [3.8, 4) is 0 Å². The van der Waals surface area contributed by atoms with Gasteiger partial charge in [0.15, 0.2) is 5.78 Å². The summed E-state index contributed by atoms with van der Waals surface area (Å²) in [6.45, 7) is 1.91. The molecule has 0 aliphatic carbocycles. The molecule has 2 aromatic heterocycles. The SMILES string of the molecule is Cc1cc(CC(=O)c2nc3ccccc3cc2Br)n(C)n1. The van der Waals surface area contributed by atoms with Crippen LogP contribution in [0.15, 0.2) is 40.9 Å². The Balaban J connectivity index is 1.97. The Labute approximate surface area is 130 Å². The molecule has 0 aliphatic rings. The van der Waals surface area contributed by atoms with Crippen molar-refractivity contribution in [2.75, 3.05) is 0 Å². The molecule has 0 aliphatic heterocycles. The van der Waals surface area contributed by atoms with E-state index in [9.17, 15) is 4.79 Å². The molecule has 2 heterocycles. The van der Waals surface area contributed by atoms with Crippen molar-refractivity contribution in [2.45, 2.75) is 13.3 Å². The molecule has 0 atom stereocenters. The van der Waals surface area contributed by atoms with Crippen molar-refractivity contribution >= 4 is 32.6 Å². The first kappa shape index (κ1) is 13.9. The van der Waals surface area contributed by atoms with Crippen LogP contribution in [-0.4, -0.2) is 20.5 Å². The van der Waals surface area contributed by atoms with E-state index in [0.29, 0.717) is 12.1 Å². The minimum Gasteiger partial charge on any atom is -0.292 e. The summed E-state index contributed by atoms with van der Waals surface area (Å²) >= 11 is 3.45. The van der Waals surface area contributed by atoms with E-state index in [1.165, 1.54) is 0 Å². The van der Waals surface area contributed by atoms with Gasteiger partial charge < -0.3 is 0 Å². The van der Waals surface area contributed by atoms with E-state index in [-0.39, 0.29) is 5.78 Å². The minimum atomic E-state index is -0.0179. The van der Waals surface area contributed by atoms with Crippen LogP contribution in [0, 0.1) is 6.92 Å². The van der Waals surface area contributed by atoms with Gasteiger partial charge in [0.1, 0.15) is 5.69 Å². The molecule has 21 heavy (non-hydrogen) atoms. The van der Waals surface area contributed by atoms with E-state index in [4.69, 9.17) is 0 Å². The Morgan fingerprint density at radius 2 is 2.05 bits per heavy atom. The lowest BCUT2D eigenvalue weighted by Gasteiger charge is -2.06. The topological polar surface area (TPSA) is 47.8 Å². The standard InChI is InChI=1S/C16H14BrN3O/c1-10-7-12(20(2)19-10)9-15(21)16-13(17)8-11-5-3-4-6-14(11)18-16/h3-8H,9H2,1-2H3. The molecule has 5 heteroatoms. The number of benzene rings is 1. The fourth-order valence-electron chi connectivity index (χ4n) is 2.36. The van der Waals surface area contributed by atoms with Crippen molar-refractivity contribution in [3.05, 3.63) is 58.0 Å². The second kappa shape index (κ2) is 5.41. The van der Waals surface area contributed by atoms with Gasteiger partial charge >= 0.3 is 0 Å². The molecule has 4 nitrogen and oxygen atoms in total. The highest BCUT2D eigenvalue weighted by molar-refractivity contribution is 9.10. The third-order valence-corrected chi connectivity index (χ3v) is 3.99. The largest absolute Gasteiger partial charge is 0.292 e. The zero-order valence-electron chi connectivity index (χ0n) is 11.8. The molecular formula is C16H14BrN3O. The number of hydrogen-bond donors (Lipinski definition) is 0. The Bertz CT molecular complexity index is 839. The van der Waals surface area contributed by atoms with E-state index in [0.717, 1.165) is 26.8 Å². The summed E-state index contributed by atoms with van der Waals surface area (Å²) in [5.41, 5.74) is 3.09. The van der Waals surface area contributed by atoms with Crippen LogP contribution in [0.1, 0.15) is 21.9 Å². The van der Waals surface area contributed by atoms with Crippen molar-refractivity contribution < 1.29 is 4.79 Å². The summed E-state index contributed by atoms with van der Waals surface area (Å²) in [6.07, 6.45) is 0.293. The number of carbonyl (C=O) groups is 1. The number of carbonyl (C=O) groups excluding carboxylic acids is 1. The fraction of sp³-hybridized carbons (Fsp3) is 0.188. The predicted molar refractivity (Wildman–Crippen MR) is 85.4 cm³/mol. The first-order valence-corrected chi connectivity index (χ1v) is 7.42. The van der Waals surface area contributed by atoms with E-state index in [2.05, 4.69) is 26.0 Å². The van der Waals surface area contributed by atoms with E-state index < -0.39 is 0 Å². The van der Waals surface area contributed by atoms with Crippen LogP contribution >= 0.6 is 15.9 Å². The summed E-state index contributed by atoms with van der Waals surface area (Å²) in [5, 5.41) is 5.27. The Morgan fingerprint density at radius 1 is 1.29 bits per heavy atom. The first-order chi connectivity index (χ1) is 10.0. The van der Waals surface area contributed by atoms with Gasteiger partial charge in [-0.05, 0) is 41.1 Å². The number of ketones is 1. The van der Waals surface area contributed by atoms with E-state index in [1.807, 2.05) is 50.4 Å². The third-order valence-electron chi connectivity index (χ3n) is 3.38. The molecule has 3 aromatic rings. The lowest BCUT2D eigenvalue weighted by Crippen LogP contribution is -2.10. The maximum absolute atomic E-state index is 12.5. The van der Waals surface area contributed by atoms with Gasteiger partial charge in [0.25, 0.3) is 0 Å². The fourth-order valence-corrected chi connectivity index (χ4v) is 2.92. The zero-order chi connectivity index (χ0) is 15.0. The number of hydrogen-bond acceptors (Lipinski definition) is 3. The number of para-hydroxylation sites is 1. The van der Waals surface area contributed by atoms with Crippen molar-refractivity contribution in [2.24, 2.45) is 7.05 Å². The molecule has 1 aromatic carbocycles. The van der Waals surface area contributed by atoms with Gasteiger partial charge in [0, 0.05) is 22.6 Å². The summed E-state index contributed by atoms with van der Waals surface area (Å²) in [5.74, 6) is -0.0179. The molecule has 0 saturated carbocycles. The van der Waals surface area contributed by atoms with E-state index in [1.54, 1.807) is 4.68 Å². The van der Waals surface area contributed by atoms with Gasteiger partial charge in [-0.25, -0.2) is 4.98 Å². The quantitative estimate of drug-likeness (QED) is 0.684. The van der Waals surface area contributed by atoms with Gasteiger partial charge in [-0.1, -0.05) is 18.2 Å². The van der Waals surface area contributed by atoms with Crippen LogP contribution < -0.4 is 0 Å².